The fraction of sp³-hybridized carbons (Fsp3) is 0.929. The maximum atomic E-state index is 12.4. The molecule has 0 aliphatic heterocycles. The Balaban J connectivity index is 5.02. The highest BCUT2D eigenvalue weighted by atomic mass is 16.2. The van der Waals surface area contributed by atoms with Crippen LogP contribution < -0.4 is 5.32 Å². The molecule has 1 N–H and O–H groups in total. The second-order valence-corrected chi connectivity index (χ2v) is 6.86. The fourth-order valence-electron chi connectivity index (χ4n) is 2.50. The van der Waals surface area contributed by atoms with E-state index in [0.717, 1.165) is 0 Å². The summed E-state index contributed by atoms with van der Waals surface area (Å²) in [5.41, 5.74) is -0.677. The standard InChI is InChI=1S/C14H30N2O/c1-10(2)16(11(3)4)14(8,9)12(17)15-13(5,6)7/h10-11H,1-9H3,(H,15,17). The minimum Gasteiger partial charge on any atom is -0.350 e. The van der Waals surface area contributed by atoms with E-state index < -0.39 is 5.54 Å². The van der Waals surface area contributed by atoms with Crippen molar-refractivity contribution in [3.8, 4) is 0 Å². The van der Waals surface area contributed by atoms with Crippen molar-refractivity contribution in [2.24, 2.45) is 0 Å². The van der Waals surface area contributed by atoms with Gasteiger partial charge in [0.25, 0.3) is 0 Å². The molecule has 0 rings (SSSR count). The Morgan fingerprint density at radius 1 is 0.941 bits per heavy atom. The summed E-state index contributed by atoms with van der Waals surface area (Å²) in [6, 6.07) is 0.687. The molecule has 3 nitrogen and oxygen atoms in total. The van der Waals surface area contributed by atoms with E-state index in [1.54, 1.807) is 0 Å². The van der Waals surface area contributed by atoms with Crippen molar-refractivity contribution in [2.75, 3.05) is 0 Å². The molecule has 0 atom stereocenters. The van der Waals surface area contributed by atoms with Crippen LogP contribution in [0.2, 0.25) is 0 Å². The average Bonchev–Trinajstić information content (AvgIpc) is 1.97. The van der Waals surface area contributed by atoms with Crippen LogP contribution in [-0.2, 0) is 4.79 Å². The molecule has 0 saturated heterocycles. The molecule has 0 aromatic rings. The number of hydrogen-bond donors (Lipinski definition) is 1. The molecule has 17 heavy (non-hydrogen) atoms. The van der Waals surface area contributed by atoms with Crippen molar-refractivity contribution in [1.29, 1.82) is 0 Å². The first-order valence-electron chi connectivity index (χ1n) is 6.50. The van der Waals surface area contributed by atoms with E-state index in [1.807, 2.05) is 34.6 Å². The van der Waals surface area contributed by atoms with Crippen molar-refractivity contribution in [1.82, 2.24) is 10.2 Å². The third-order valence-electron chi connectivity index (χ3n) is 2.80. The summed E-state index contributed by atoms with van der Waals surface area (Å²) in [4.78, 5) is 14.6. The van der Waals surface area contributed by atoms with Gasteiger partial charge >= 0.3 is 0 Å². The van der Waals surface area contributed by atoms with Crippen LogP contribution in [0.25, 0.3) is 0 Å². The molecular weight excluding hydrogens is 212 g/mol. The minimum atomic E-state index is -0.490. The highest BCUT2D eigenvalue weighted by molar-refractivity contribution is 5.86. The summed E-state index contributed by atoms with van der Waals surface area (Å²) in [6.07, 6.45) is 0. The Morgan fingerprint density at radius 2 is 1.29 bits per heavy atom. The lowest BCUT2D eigenvalue weighted by molar-refractivity contribution is -0.136. The molecular formula is C14H30N2O. The molecule has 0 aromatic heterocycles. The van der Waals surface area contributed by atoms with Crippen molar-refractivity contribution in [3.63, 3.8) is 0 Å². The van der Waals surface area contributed by atoms with E-state index in [4.69, 9.17) is 0 Å². The molecule has 0 unspecified atom stereocenters. The van der Waals surface area contributed by atoms with Crippen LogP contribution in [0.4, 0.5) is 0 Å². The molecule has 3 heteroatoms. The zero-order chi connectivity index (χ0) is 14.0. The molecule has 0 aliphatic carbocycles. The summed E-state index contributed by atoms with van der Waals surface area (Å²) in [7, 11) is 0. The van der Waals surface area contributed by atoms with Gasteiger partial charge in [-0.25, -0.2) is 0 Å². The van der Waals surface area contributed by atoms with Crippen molar-refractivity contribution in [3.05, 3.63) is 0 Å². The highest BCUT2D eigenvalue weighted by Gasteiger charge is 2.38. The lowest BCUT2D eigenvalue weighted by atomic mass is 9.95. The first kappa shape index (κ1) is 16.4. The largest absolute Gasteiger partial charge is 0.350 e. The first-order chi connectivity index (χ1) is 7.39. The SMILES string of the molecule is CC(C)N(C(C)C)C(C)(C)C(=O)NC(C)(C)C. The summed E-state index contributed by atoms with van der Waals surface area (Å²) >= 11 is 0. The Morgan fingerprint density at radius 3 is 1.53 bits per heavy atom. The van der Waals surface area contributed by atoms with E-state index in [9.17, 15) is 4.79 Å². The molecule has 102 valence electrons. The molecule has 0 aromatic carbocycles. The van der Waals surface area contributed by atoms with Gasteiger partial charge in [-0.3, -0.25) is 9.69 Å². The number of carbonyl (C=O) groups excluding carboxylic acids is 1. The number of amides is 1. The van der Waals surface area contributed by atoms with Gasteiger partial charge in [0, 0.05) is 17.6 Å². The maximum absolute atomic E-state index is 12.4. The topological polar surface area (TPSA) is 32.3 Å². The van der Waals surface area contributed by atoms with Gasteiger partial charge < -0.3 is 5.32 Å². The van der Waals surface area contributed by atoms with Gasteiger partial charge in [-0.1, -0.05) is 0 Å². The molecule has 0 heterocycles. The minimum absolute atomic E-state index is 0.0902. The van der Waals surface area contributed by atoms with Crippen LogP contribution >= 0.6 is 0 Å². The second kappa shape index (κ2) is 5.38. The summed E-state index contributed by atoms with van der Waals surface area (Å²) in [5.74, 6) is 0.0902. The fourth-order valence-corrected chi connectivity index (χ4v) is 2.50. The van der Waals surface area contributed by atoms with Gasteiger partial charge in [0.1, 0.15) is 0 Å². The number of nitrogens with zero attached hydrogens (tertiary/aromatic N) is 1. The van der Waals surface area contributed by atoms with Gasteiger partial charge in [-0.05, 0) is 62.3 Å². The molecule has 0 aliphatic rings. The lowest BCUT2D eigenvalue weighted by Crippen LogP contribution is -2.62. The number of hydrogen-bond acceptors (Lipinski definition) is 2. The van der Waals surface area contributed by atoms with Crippen LogP contribution in [0.1, 0.15) is 62.3 Å². The van der Waals surface area contributed by atoms with E-state index in [-0.39, 0.29) is 11.4 Å². The molecule has 0 spiro atoms. The Labute approximate surface area is 107 Å². The van der Waals surface area contributed by atoms with Gasteiger partial charge in [0.15, 0.2) is 0 Å². The predicted octanol–water partition coefficient (Wildman–Crippen LogP) is 2.80. The van der Waals surface area contributed by atoms with E-state index >= 15 is 0 Å². The van der Waals surface area contributed by atoms with Crippen molar-refractivity contribution in [2.45, 2.75) is 85.5 Å². The zero-order valence-corrected chi connectivity index (χ0v) is 13.0. The number of rotatable bonds is 4. The van der Waals surface area contributed by atoms with E-state index in [2.05, 4.69) is 37.9 Å². The van der Waals surface area contributed by atoms with E-state index in [0.29, 0.717) is 12.1 Å². The molecule has 1 amide bonds. The average molecular weight is 242 g/mol. The molecule has 0 bridgehead atoms. The Bertz CT molecular complexity index is 254. The summed E-state index contributed by atoms with van der Waals surface area (Å²) in [6.45, 7) is 18.5. The van der Waals surface area contributed by atoms with Crippen molar-refractivity contribution < 1.29 is 4.79 Å². The van der Waals surface area contributed by atoms with Crippen LogP contribution in [0.15, 0.2) is 0 Å². The molecule has 0 saturated carbocycles. The maximum Gasteiger partial charge on any atom is 0.240 e. The van der Waals surface area contributed by atoms with Crippen LogP contribution in [0.3, 0.4) is 0 Å². The molecule has 0 radical (unpaired) electrons. The third-order valence-corrected chi connectivity index (χ3v) is 2.80. The van der Waals surface area contributed by atoms with E-state index in [1.165, 1.54) is 0 Å². The Kier molecular flexibility index (Phi) is 5.20. The number of nitrogens with one attached hydrogen (secondary N) is 1. The van der Waals surface area contributed by atoms with Gasteiger partial charge in [0.2, 0.25) is 5.91 Å². The van der Waals surface area contributed by atoms with Crippen LogP contribution in [0, 0.1) is 0 Å². The van der Waals surface area contributed by atoms with Gasteiger partial charge in [0.05, 0.1) is 5.54 Å². The monoisotopic (exact) mass is 242 g/mol. The highest BCUT2D eigenvalue weighted by Crippen LogP contribution is 2.22. The lowest BCUT2D eigenvalue weighted by Gasteiger charge is -2.44. The van der Waals surface area contributed by atoms with Crippen LogP contribution in [-0.4, -0.2) is 34.0 Å². The molecule has 0 fully saturated rings. The first-order valence-corrected chi connectivity index (χ1v) is 6.50. The normalized spacial score (nSPS) is 13.6. The van der Waals surface area contributed by atoms with Crippen molar-refractivity contribution >= 4 is 5.91 Å². The van der Waals surface area contributed by atoms with Gasteiger partial charge in [-0.2, -0.15) is 0 Å². The van der Waals surface area contributed by atoms with Gasteiger partial charge in [-0.15, -0.1) is 0 Å². The second-order valence-electron chi connectivity index (χ2n) is 6.86. The van der Waals surface area contributed by atoms with Crippen LogP contribution in [0.5, 0.6) is 0 Å². The zero-order valence-electron chi connectivity index (χ0n) is 13.0. The summed E-state index contributed by atoms with van der Waals surface area (Å²) < 4.78 is 0. The quantitative estimate of drug-likeness (QED) is 0.822. The number of carbonyl (C=O) groups is 1. The Hall–Kier alpha value is -0.570. The smallest absolute Gasteiger partial charge is 0.240 e. The summed E-state index contributed by atoms with van der Waals surface area (Å²) in [5, 5.41) is 3.07. The predicted molar refractivity (Wildman–Crippen MR) is 74.1 cm³/mol. The third kappa shape index (κ3) is 4.66.